The molecule has 1 aromatic heterocycles. The van der Waals surface area contributed by atoms with Crippen LogP contribution < -0.4 is 4.90 Å². The van der Waals surface area contributed by atoms with Crippen molar-refractivity contribution < 1.29 is 6.85 Å². The zero-order valence-electron chi connectivity index (χ0n) is 27.6. The van der Waals surface area contributed by atoms with Gasteiger partial charge in [0.1, 0.15) is 0 Å². The van der Waals surface area contributed by atoms with E-state index in [1.54, 1.807) is 16.2 Å². The fourth-order valence-electron chi connectivity index (χ4n) is 5.76. The molecule has 2 heteroatoms. The summed E-state index contributed by atoms with van der Waals surface area (Å²) in [6, 6.07) is 43.6. The van der Waals surface area contributed by atoms with Crippen molar-refractivity contribution in [1.29, 1.82) is 0 Å². The molecular formula is C40H27NS. The molecule has 8 rings (SSSR count). The van der Waals surface area contributed by atoms with Crippen LogP contribution in [0.4, 0.5) is 17.1 Å². The Morgan fingerprint density at radius 3 is 2.02 bits per heavy atom. The summed E-state index contributed by atoms with van der Waals surface area (Å²) in [5.41, 5.74) is 5.60. The van der Waals surface area contributed by atoms with Gasteiger partial charge in [0, 0.05) is 37.2 Å². The molecule has 198 valence electrons. The van der Waals surface area contributed by atoms with E-state index in [4.69, 9.17) is 6.85 Å². The lowest BCUT2D eigenvalue weighted by atomic mass is 9.98. The summed E-state index contributed by atoms with van der Waals surface area (Å²) < 4.78 is 45.3. The molecule has 0 saturated carbocycles. The second-order valence-electron chi connectivity index (χ2n) is 10.2. The Kier molecular flexibility index (Phi) is 4.88. The molecule has 0 atom stereocenters. The summed E-state index contributed by atoms with van der Waals surface area (Å²) in [6.07, 6.45) is 0. The number of para-hydroxylation sites is 1. The molecule has 8 aromatic rings. The number of fused-ring (bicyclic) bond motifs is 4. The van der Waals surface area contributed by atoms with Gasteiger partial charge in [-0.05, 0) is 87.6 Å². The fraction of sp³-hybridized carbons (Fsp3) is 0. The molecule has 0 radical (unpaired) electrons. The topological polar surface area (TPSA) is 3.24 Å². The van der Waals surface area contributed by atoms with Crippen LogP contribution in [0.25, 0.3) is 53.2 Å². The van der Waals surface area contributed by atoms with Gasteiger partial charge < -0.3 is 4.90 Å². The minimum absolute atomic E-state index is 0.102. The van der Waals surface area contributed by atoms with Gasteiger partial charge in [-0.15, -0.1) is 11.3 Å². The largest absolute Gasteiger partial charge is 0.310 e. The van der Waals surface area contributed by atoms with Crippen molar-refractivity contribution >= 4 is 59.3 Å². The molecule has 0 amide bonds. The summed E-state index contributed by atoms with van der Waals surface area (Å²) in [4.78, 5) is 1.77. The molecule has 1 nitrogen and oxygen atoms in total. The van der Waals surface area contributed by atoms with Crippen LogP contribution in [0.15, 0.2) is 164 Å². The second kappa shape index (κ2) is 10.3. The van der Waals surface area contributed by atoms with Crippen LogP contribution in [0, 0.1) is 0 Å². The van der Waals surface area contributed by atoms with Crippen molar-refractivity contribution in [3.8, 4) is 22.3 Å². The normalized spacial score (nSPS) is 13.0. The monoisotopic (exact) mass is 558 g/mol. The zero-order valence-corrected chi connectivity index (χ0v) is 23.4. The Hall–Kier alpha value is -5.18. The maximum absolute atomic E-state index is 8.89. The molecule has 0 aliphatic rings. The molecule has 0 bridgehead atoms. The van der Waals surface area contributed by atoms with Gasteiger partial charge in [-0.2, -0.15) is 0 Å². The number of thiophene rings is 1. The van der Waals surface area contributed by atoms with Crippen LogP contribution in [0.5, 0.6) is 0 Å². The van der Waals surface area contributed by atoms with E-state index < -0.39 is 6.04 Å². The number of nitrogens with zero attached hydrogens (tertiary/aromatic N) is 1. The first-order valence-electron chi connectivity index (χ1n) is 16.4. The number of anilines is 3. The maximum atomic E-state index is 8.89. The molecule has 0 saturated heterocycles. The third-order valence-corrected chi connectivity index (χ3v) is 8.90. The lowest BCUT2D eigenvalue weighted by Gasteiger charge is -2.26. The average Bonchev–Trinajstić information content (AvgIpc) is 3.50. The molecule has 0 N–H and O–H groups in total. The highest BCUT2D eigenvalue weighted by Gasteiger charge is 2.14. The van der Waals surface area contributed by atoms with Crippen molar-refractivity contribution in [1.82, 2.24) is 0 Å². The minimum Gasteiger partial charge on any atom is -0.310 e. The summed E-state index contributed by atoms with van der Waals surface area (Å²) in [6.45, 7) is 0. The summed E-state index contributed by atoms with van der Waals surface area (Å²) in [5, 5.41) is 4.71. The lowest BCUT2D eigenvalue weighted by Crippen LogP contribution is -2.09. The van der Waals surface area contributed by atoms with Gasteiger partial charge in [0.15, 0.2) is 0 Å². The average molecular weight is 559 g/mol. The minimum atomic E-state index is -0.417. The highest BCUT2D eigenvalue weighted by atomic mass is 32.1. The molecule has 42 heavy (non-hydrogen) atoms. The van der Waals surface area contributed by atoms with Gasteiger partial charge in [0.2, 0.25) is 0 Å². The van der Waals surface area contributed by atoms with Crippen LogP contribution >= 0.6 is 11.3 Å². The van der Waals surface area contributed by atoms with Crippen molar-refractivity contribution in [3.63, 3.8) is 0 Å². The smallest absolute Gasteiger partial charge is 0.0645 e. The van der Waals surface area contributed by atoms with E-state index in [1.165, 1.54) is 20.2 Å². The molecule has 1 heterocycles. The van der Waals surface area contributed by atoms with E-state index >= 15 is 0 Å². The second-order valence-corrected chi connectivity index (χ2v) is 11.3. The van der Waals surface area contributed by atoms with Crippen LogP contribution in [0.3, 0.4) is 0 Å². The van der Waals surface area contributed by atoms with Gasteiger partial charge >= 0.3 is 0 Å². The Bertz CT molecular complexity index is 2450. The predicted molar refractivity (Wildman–Crippen MR) is 182 cm³/mol. The van der Waals surface area contributed by atoms with E-state index in [2.05, 4.69) is 66.7 Å². The Morgan fingerprint density at radius 2 is 1.14 bits per heavy atom. The highest BCUT2D eigenvalue weighted by Crippen LogP contribution is 2.40. The number of hydrogen-bond donors (Lipinski definition) is 0. The quantitative estimate of drug-likeness (QED) is 0.203. The summed E-state index contributed by atoms with van der Waals surface area (Å²) in [7, 11) is 0. The van der Waals surface area contributed by atoms with Crippen LogP contribution in [-0.2, 0) is 0 Å². The number of rotatable bonds is 5. The molecular weight excluding hydrogens is 527 g/mol. The Balaban J connectivity index is 1.29. The van der Waals surface area contributed by atoms with Gasteiger partial charge in [-0.1, -0.05) is 109 Å². The number of hydrogen-bond acceptors (Lipinski definition) is 2. The third kappa shape index (κ3) is 4.34. The Morgan fingerprint density at radius 1 is 0.452 bits per heavy atom. The predicted octanol–water partition coefficient (Wildman–Crippen LogP) is 12.0. The van der Waals surface area contributed by atoms with E-state index in [1.807, 2.05) is 66.7 Å². The lowest BCUT2D eigenvalue weighted by molar-refractivity contribution is 1.28. The van der Waals surface area contributed by atoms with Crippen LogP contribution in [0.2, 0.25) is 0 Å². The van der Waals surface area contributed by atoms with Crippen LogP contribution in [0.1, 0.15) is 6.85 Å². The van der Waals surface area contributed by atoms with Crippen molar-refractivity contribution in [2.24, 2.45) is 0 Å². The summed E-state index contributed by atoms with van der Waals surface area (Å²) in [5.74, 6) is 0. The summed E-state index contributed by atoms with van der Waals surface area (Å²) >= 11 is 1.77. The van der Waals surface area contributed by atoms with E-state index in [-0.39, 0.29) is 29.9 Å². The highest BCUT2D eigenvalue weighted by molar-refractivity contribution is 7.25. The van der Waals surface area contributed by atoms with Gasteiger partial charge in [0.05, 0.1) is 6.85 Å². The fourth-order valence-corrected chi connectivity index (χ4v) is 6.85. The van der Waals surface area contributed by atoms with E-state index in [9.17, 15) is 0 Å². The van der Waals surface area contributed by atoms with Gasteiger partial charge in [0.25, 0.3) is 0 Å². The molecule has 0 aliphatic carbocycles. The zero-order chi connectivity index (χ0) is 32.2. The van der Waals surface area contributed by atoms with Crippen molar-refractivity contribution in [3.05, 3.63) is 164 Å². The number of benzene rings is 7. The van der Waals surface area contributed by atoms with Gasteiger partial charge in [-0.3, -0.25) is 0 Å². The maximum Gasteiger partial charge on any atom is 0.0645 e. The van der Waals surface area contributed by atoms with E-state index in [0.717, 1.165) is 33.0 Å². The SMILES string of the molecule is [2H]c1c([2H])c([2H])c(N(c2ccc(-c3cccc4ccccc34)cc2)c2cccc(-c3ccc4sc5ccccc5c4c3)c2)c([2H])c1[2H]. The molecule has 0 unspecified atom stereocenters. The first kappa shape index (κ1) is 19.8. The Labute approximate surface area is 256 Å². The standard InChI is InChI=1S/C40H27NS/c1-2-13-32(14-3-1)41(33-23-20-29(21-24-33)36-18-9-11-28-10-4-5-16-35(28)36)34-15-8-12-30(26-34)31-22-25-40-38(27-31)37-17-6-7-19-39(37)42-40/h1-27H/i1D,2D,3D,13D,14D. The first-order chi connectivity index (χ1) is 22.9. The first-order valence-corrected chi connectivity index (χ1v) is 14.7. The molecule has 0 spiro atoms. The van der Waals surface area contributed by atoms with Crippen molar-refractivity contribution in [2.75, 3.05) is 4.90 Å². The molecule has 0 fully saturated rings. The van der Waals surface area contributed by atoms with Crippen molar-refractivity contribution in [2.45, 2.75) is 0 Å². The molecule has 0 aliphatic heterocycles. The molecule has 7 aromatic carbocycles. The van der Waals surface area contributed by atoms with Crippen LogP contribution in [-0.4, -0.2) is 0 Å². The third-order valence-electron chi connectivity index (χ3n) is 7.75. The van der Waals surface area contributed by atoms with Gasteiger partial charge in [-0.25, -0.2) is 0 Å². The van der Waals surface area contributed by atoms with E-state index in [0.29, 0.717) is 11.4 Å².